The lowest BCUT2D eigenvalue weighted by Crippen LogP contribution is -2.49. The van der Waals surface area contributed by atoms with Crippen molar-refractivity contribution in [3.05, 3.63) is 59.2 Å². The molecule has 0 fully saturated rings. The Morgan fingerprint density at radius 2 is 1.77 bits per heavy atom. The number of amides is 1. The third kappa shape index (κ3) is 3.10. The molecular formula is C20H19NO5. The number of carboxylic acid groups (broad SMARTS) is 1. The molecule has 2 aliphatic rings. The topological polar surface area (TPSA) is 76.1 Å². The molecule has 134 valence electrons. The van der Waals surface area contributed by atoms with E-state index in [0.717, 1.165) is 16.7 Å². The number of rotatable bonds is 3. The average Bonchev–Trinajstić information content (AvgIpc) is 2.66. The van der Waals surface area contributed by atoms with E-state index in [1.165, 1.54) is 4.90 Å². The maximum absolute atomic E-state index is 12.9. The zero-order valence-electron chi connectivity index (χ0n) is 14.2. The van der Waals surface area contributed by atoms with E-state index >= 15 is 0 Å². The van der Waals surface area contributed by atoms with E-state index in [9.17, 15) is 14.7 Å². The lowest BCUT2D eigenvalue weighted by Gasteiger charge is -2.34. The van der Waals surface area contributed by atoms with Crippen molar-refractivity contribution in [3.8, 4) is 11.5 Å². The zero-order chi connectivity index (χ0) is 18.1. The van der Waals surface area contributed by atoms with Crippen molar-refractivity contribution in [2.75, 3.05) is 13.2 Å². The molecule has 0 saturated carbocycles. The minimum absolute atomic E-state index is 0.128. The number of aliphatic carboxylic acids is 1. The molecule has 6 nitrogen and oxygen atoms in total. The predicted octanol–water partition coefficient (Wildman–Crippen LogP) is 2.04. The number of ether oxygens (including phenoxy) is 2. The summed E-state index contributed by atoms with van der Waals surface area (Å²) in [5.74, 6) is 0.113. The second-order valence-electron chi connectivity index (χ2n) is 6.50. The van der Waals surface area contributed by atoms with Crippen LogP contribution in [-0.4, -0.2) is 41.1 Å². The zero-order valence-corrected chi connectivity index (χ0v) is 14.2. The number of carbonyl (C=O) groups is 2. The molecule has 2 aliphatic heterocycles. The van der Waals surface area contributed by atoms with Gasteiger partial charge >= 0.3 is 5.97 Å². The first kappa shape index (κ1) is 16.4. The van der Waals surface area contributed by atoms with Gasteiger partial charge < -0.3 is 19.5 Å². The van der Waals surface area contributed by atoms with Gasteiger partial charge in [-0.25, -0.2) is 4.79 Å². The fourth-order valence-electron chi connectivity index (χ4n) is 3.48. The molecule has 0 bridgehead atoms. The molecule has 1 N–H and O–H groups in total. The van der Waals surface area contributed by atoms with Crippen molar-refractivity contribution in [1.82, 2.24) is 4.90 Å². The molecule has 0 aliphatic carbocycles. The van der Waals surface area contributed by atoms with Crippen LogP contribution < -0.4 is 9.47 Å². The Kier molecular flexibility index (Phi) is 4.24. The van der Waals surface area contributed by atoms with Crippen molar-refractivity contribution >= 4 is 11.9 Å². The molecule has 2 heterocycles. The molecule has 4 rings (SSSR count). The van der Waals surface area contributed by atoms with Gasteiger partial charge in [0.25, 0.3) is 0 Å². The van der Waals surface area contributed by atoms with Crippen molar-refractivity contribution in [1.29, 1.82) is 0 Å². The number of hydrogen-bond donors (Lipinski definition) is 1. The van der Waals surface area contributed by atoms with Crippen LogP contribution in [0.4, 0.5) is 0 Å². The van der Waals surface area contributed by atoms with Gasteiger partial charge in [-0.2, -0.15) is 0 Å². The molecule has 0 spiro atoms. The minimum Gasteiger partial charge on any atom is -0.486 e. The summed E-state index contributed by atoms with van der Waals surface area (Å²) in [6.45, 7) is 1.31. The van der Waals surface area contributed by atoms with Gasteiger partial charge in [0.2, 0.25) is 5.91 Å². The molecule has 0 aromatic heterocycles. The number of carbonyl (C=O) groups excluding carboxylic acids is 1. The van der Waals surface area contributed by atoms with Crippen LogP contribution in [0, 0.1) is 0 Å². The third-order valence-electron chi connectivity index (χ3n) is 4.82. The lowest BCUT2D eigenvalue weighted by molar-refractivity contribution is -0.151. The average molecular weight is 353 g/mol. The monoisotopic (exact) mass is 353 g/mol. The Labute approximate surface area is 151 Å². The number of carboxylic acids is 1. The number of benzene rings is 2. The van der Waals surface area contributed by atoms with Gasteiger partial charge in [0.1, 0.15) is 19.3 Å². The van der Waals surface area contributed by atoms with Gasteiger partial charge in [-0.15, -0.1) is 0 Å². The Morgan fingerprint density at radius 3 is 2.54 bits per heavy atom. The first-order valence-electron chi connectivity index (χ1n) is 8.59. The van der Waals surface area contributed by atoms with E-state index in [-0.39, 0.29) is 12.3 Å². The van der Waals surface area contributed by atoms with Crippen LogP contribution in [-0.2, 0) is 29.0 Å². The molecular weight excluding hydrogens is 334 g/mol. The van der Waals surface area contributed by atoms with Gasteiger partial charge in [-0.3, -0.25) is 4.79 Å². The van der Waals surface area contributed by atoms with E-state index in [2.05, 4.69) is 0 Å². The summed E-state index contributed by atoms with van der Waals surface area (Å²) >= 11 is 0. The predicted molar refractivity (Wildman–Crippen MR) is 93.3 cm³/mol. The summed E-state index contributed by atoms with van der Waals surface area (Å²) in [4.78, 5) is 26.0. The highest BCUT2D eigenvalue weighted by Gasteiger charge is 2.34. The summed E-state index contributed by atoms with van der Waals surface area (Å²) < 4.78 is 11.0. The smallest absolute Gasteiger partial charge is 0.326 e. The van der Waals surface area contributed by atoms with Crippen molar-refractivity contribution in [2.24, 2.45) is 0 Å². The summed E-state index contributed by atoms with van der Waals surface area (Å²) in [5.41, 5.74) is 2.77. The molecule has 2 aromatic rings. The quantitative estimate of drug-likeness (QED) is 0.914. The number of nitrogens with zero attached hydrogens (tertiary/aromatic N) is 1. The second kappa shape index (κ2) is 6.71. The molecule has 1 unspecified atom stereocenters. The van der Waals surface area contributed by atoms with E-state index < -0.39 is 12.0 Å². The Hall–Kier alpha value is -3.02. The van der Waals surface area contributed by atoms with Crippen LogP contribution in [0.2, 0.25) is 0 Å². The summed E-state index contributed by atoms with van der Waals surface area (Å²) in [5, 5.41) is 9.58. The highest BCUT2D eigenvalue weighted by molar-refractivity contribution is 5.86. The van der Waals surface area contributed by atoms with Crippen LogP contribution in [0.1, 0.15) is 16.7 Å². The Balaban J connectivity index is 1.55. The van der Waals surface area contributed by atoms with Crippen molar-refractivity contribution in [3.63, 3.8) is 0 Å². The van der Waals surface area contributed by atoms with Gasteiger partial charge in [-0.05, 0) is 28.8 Å². The number of hydrogen-bond acceptors (Lipinski definition) is 4. The first-order chi connectivity index (χ1) is 12.6. The SMILES string of the molecule is O=C(O)C1Cc2ccccc2CN1C(=O)Cc1ccc2c(c1)OCCO2. The molecule has 6 heteroatoms. The molecule has 2 aromatic carbocycles. The van der Waals surface area contributed by atoms with Gasteiger partial charge in [0.05, 0.1) is 6.42 Å². The molecule has 0 saturated heterocycles. The van der Waals surface area contributed by atoms with Crippen LogP contribution >= 0.6 is 0 Å². The standard InChI is InChI=1S/C20H19NO5/c22-19(10-13-5-6-17-18(9-13)26-8-7-25-17)21-12-15-4-2-1-3-14(15)11-16(21)20(23)24/h1-6,9,16H,7-8,10-12H2,(H,23,24). The van der Waals surface area contributed by atoms with Crippen molar-refractivity contribution in [2.45, 2.75) is 25.4 Å². The maximum Gasteiger partial charge on any atom is 0.326 e. The fraction of sp³-hybridized carbons (Fsp3) is 0.300. The van der Waals surface area contributed by atoms with E-state index in [0.29, 0.717) is 37.7 Å². The van der Waals surface area contributed by atoms with Crippen LogP contribution in [0.5, 0.6) is 11.5 Å². The largest absolute Gasteiger partial charge is 0.486 e. The Bertz CT molecular complexity index is 863. The second-order valence-corrected chi connectivity index (χ2v) is 6.50. The van der Waals surface area contributed by atoms with Gasteiger partial charge in [-0.1, -0.05) is 30.3 Å². The Morgan fingerprint density at radius 1 is 1.04 bits per heavy atom. The molecule has 0 radical (unpaired) electrons. The fourth-order valence-corrected chi connectivity index (χ4v) is 3.48. The van der Waals surface area contributed by atoms with Gasteiger partial charge in [0, 0.05) is 13.0 Å². The molecule has 1 amide bonds. The summed E-state index contributed by atoms with van der Waals surface area (Å²) in [6.07, 6.45) is 0.459. The lowest BCUT2D eigenvalue weighted by atomic mass is 9.93. The molecule has 26 heavy (non-hydrogen) atoms. The highest BCUT2D eigenvalue weighted by Crippen LogP contribution is 2.31. The number of fused-ring (bicyclic) bond motifs is 2. The third-order valence-corrected chi connectivity index (χ3v) is 4.82. The van der Waals surface area contributed by atoms with Crippen LogP contribution in [0.15, 0.2) is 42.5 Å². The minimum atomic E-state index is -0.977. The summed E-state index contributed by atoms with van der Waals surface area (Å²) in [6, 6.07) is 12.2. The van der Waals surface area contributed by atoms with Crippen molar-refractivity contribution < 1.29 is 24.2 Å². The van der Waals surface area contributed by atoms with Crippen LogP contribution in [0.3, 0.4) is 0 Å². The highest BCUT2D eigenvalue weighted by atomic mass is 16.6. The van der Waals surface area contributed by atoms with E-state index in [4.69, 9.17) is 9.47 Å². The normalized spacial score (nSPS) is 18.2. The van der Waals surface area contributed by atoms with E-state index in [1.807, 2.05) is 30.3 Å². The molecule has 1 atom stereocenters. The van der Waals surface area contributed by atoms with Gasteiger partial charge in [0.15, 0.2) is 11.5 Å². The van der Waals surface area contributed by atoms with Crippen LogP contribution in [0.25, 0.3) is 0 Å². The summed E-state index contributed by atoms with van der Waals surface area (Å²) in [7, 11) is 0. The first-order valence-corrected chi connectivity index (χ1v) is 8.59. The maximum atomic E-state index is 12.9. The van der Waals surface area contributed by atoms with E-state index in [1.54, 1.807) is 12.1 Å².